The lowest BCUT2D eigenvalue weighted by molar-refractivity contribution is 0.417. The van der Waals surface area contributed by atoms with E-state index in [-0.39, 0.29) is 0 Å². The summed E-state index contributed by atoms with van der Waals surface area (Å²) in [5.74, 6) is 1.03. The lowest BCUT2D eigenvalue weighted by Crippen LogP contribution is -2.29. The Hall–Kier alpha value is -1.02. The lowest BCUT2D eigenvalue weighted by Gasteiger charge is -2.19. The summed E-state index contributed by atoms with van der Waals surface area (Å²) in [6, 6.07) is 8.24. The number of hydrogen-bond acceptors (Lipinski definition) is 2. The minimum absolute atomic E-state index is 0.352. The standard InChI is InChI=1S/C13H19NO/c1-10(13-3-2-8-14-13)9-11-4-6-12(15)7-5-11/h4-7,10,13-15H,2-3,8-9H2,1H3. The quantitative estimate of drug-likeness (QED) is 0.793. The molecule has 2 atom stereocenters. The Morgan fingerprint density at radius 3 is 2.73 bits per heavy atom. The summed E-state index contributed by atoms with van der Waals surface area (Å²) in [6.45, 7) is 3.47. The molecular formula is C13H19NO. The summed E-state index contributed by atoms with van der Waals surface area (Å²) in [7, 11) is 0. The van der Waals surface area contributed by atoms with E-state index in [2.05, 4.69) is 12.2 Å². The van der Waals surface area contributed by atoms with E-state index in [0.717, 1.165) is 6.42 Å². The minimum Gasteiger partial charge on any atom is -0.508 e. The molecule has 1 aromatic carbocycles. The molecule has 82 valence electrons. The highest BCUT2D eigenvalue weighted by atomic mass is 16.3. The smallest absolute Gasteiger partial charge is 0.115 e. The predicted octanol–water partition coefficient (Wildman–Crippen LogP) is 2.32. The summed E-state index contributed by atoms with van der Waals surface area (Å²) < 4.78 is 0. The third-order valence-corrected chi connectivity index (χ3v) is 3.28. The Bertz CT molecular complexity index is 301. The first-order valence-corrected chi connectivity index (χ1v) is 5.77. The maximum atomic E-state index is 9.19. The molecule has 1 heterocycles. The summed E-state index contributed by atoms with van der Waals surface area (Å²) in [6.07, 6.45) is 3.71. The Kier molecular flexibility index (Phi) is 3.27. The van der Waals surface area contributed by atoms with Crippen LogP contribution >= 0.6 is 0 Å². The highest BCUT2D eigenvalue weighted by molar-refractivity contribution is 5.26. The molecule has 1 aliphatic rings. The first-order valence-electron chi connectivity index (χ1n) is 5.77. The van der Waals surface area contributed by atoms with Crippen molar-refractivity contribution in [3.63, 3.8) is 0 Å². The van der Waals surface area contributed by atoms with Gasteiger partial charge in [0, 0.05) is 6.04 Å². The molecular weight excluding hydrogens is 186 g/mol. The van der Waals surface area contributed by atoms with Gasteiger partial charge in [0.1, 0.15) is 5.75 Å². The Morgan fingerprint density at radius 1 is 1.40 bits per heavy atom. The number of benzene rings is 1. The largest absolute Gasteiger partial charge is 0.508 e. The van der Waals surface area contributed by atoms with Crippen LogP contribution in [0.2, 0.25) is 0 Å². The molecule has 0 radical (unpaired) electrons. The van der Waals surface area contributed by atoms with E-state index in [1.807, 2.05) is 12.1 Å². The molecule has 2 nitrogen and oxygen atoms in total. The molecule has 0 amide bonds. The van der Waals surface area contributed by atoms with Crippen LogP contribution in [-0.2, 0) is 6.42 Å². The minimum atomic E-state index is 0.352. The highest BCUT2D eigenvalue weighted by Crippen LogP contribution is 2.20. The van der Waals surface area contributed by atoms with Crippen LogP contribution in [0.3, 0.4) is 0 Å². The van der Waals surface area contributed by atoms with Gasteiger partial charge in [-0.25, -0.2) is 0 Å². The monoisotopic (exact) mass is 205 g/mol. The van der Waals surface area contributed by atoms with Crippen LogP contribution in [0.15, 0.2) is 24.3 Å². The average Bonchev–Trinajstić information content (AvgIpc) is 2.74. The maximum Gasteiger partial charge on any atom is 0.115 e. The van der Waals surface area contributed by atoms with Gasteiger partial charge in [0.05, 0.1) is 0 Å². The lowest BCUT2D eigenvalue weighted by atomic mass is 9.93. The van der Waals surface area contributed by atoms with Gasteiger partial charge < -0.3 is 10.4 Å². The molecule has 1 saturated heterocycles. The molecule has 0 bridgehead atoms. The van der Waals surface area contributed by atoms with E-state index in [1.54, 1.807) is 12.1 Å². The number of nitrogens with one attached hydrogen (secondary N) is 1. The Labute approximate surface area is 91.3 Å². The number of hydrogen-bond donors (Lipinski definition) is 2. The van der Waals surface area contributed by atoms with E-state index < -0.39 is 0 Å². The topological polar surface area (TPSA) is 32.3 Å². The fourth-order valence-corrected chi connectivity index (χ4v) is 2.34. The molecule has 0 saturated carbocycles. The fourth-order valence-electron chi connectivity index (χ4n) is 2.34. The first-order chi connectivity index (χ1) is 7.25. The SMILES string of the molecule is CC(Cc1ccc(O)cc1)C1CCCN1. The molecule has 2 rings (SSSR count). The summed E-state index contributed by atoms with van der Waals surface area (Å²) in [5, 5.41) is 12.7. The fraction of sp³-hybridized carbons (Fsp3) is 0.538. The van der Waals surface area contributed by atoms with Crippen LogP contribution in [0.4, 0.5) is 0 Å². The molecule has 1 aliphatic heterocycles. The molecule has 2 heteroatoms. The summed E-state index contributed by atoms with van der Waals surface area (Å²) >= 11 is 0. The van der Waals surface area contributed by atoms with Crippen LogP contribution < -0.4 is 5.32 Å². The highest BCUT2D eigenvalue weighted by Gasteiger charge is 2.20. The zero-order valence-electron chi connectivity index (χ0n) is 9.24. The third kappa shape index (κ3) is 2.72. The average molecular weight is 205 g/mol. The molecule has 2 unspecified atom stereocenters. The number of phenolic OH excluding ortho intramolecular Hbond substituents is 1. The van der Waals surface area contributed by atoms with E-state index in [1.165, 1.54) is 24.9 Å². The van der Waals surface area contributed by atoms with Crippen LogP contribution in [0, 0.1) is 5.92 Å². The van der Waals surface area contributed by atoms with Gasteiger partial charge in [-0.1, -0.05) is 19.1 Å². The van der Waals surface area contributed by atoms with E-state index in [4.69, 9.17) is 0 Å². The molecule has 0 spiro atoms. The van der Waals surface area contributed by atoms with Crippen molar-refractivity contribution in [2.75, 3.05) is 6.54 Å². The molecule has 15 heavy (non-hydrogen) atoms. The maximum absolute atomic E-state index is 9.19. The Morgan fingerprint density at radius 2 is 2.13 bits per heavy atom. The molecule has 2 N–H and O–H groups in total. The van der Waals surface area contributed by atoms with E-state index in [0.29, 0.717) is 17.7 Å². The Balaban J connectivity index is 1.92. The van der Waals surface area contributed by atoms with Gasteiger partial charge >= 0.3 is 0 Å². The summed E-state index contributed by atoms with van der Waals surface area (Å²) in [4.78, 5) is 0. The third-order valence-electron chi connectivity index (χ3n) is 3.28. The van der Waals surface area contributed by atoms with Gasteiger partial charge in [-0.15, -0.1) is 0 Å². The van der Waals surface area contributed by atoms with Crippen LogP contribution in [-0.4, -0.2) is 17.7 Å². The zero-order valence-corrected chi connectivity index (χ0v) is 9.24. The van der Waals surface area contributed by atoms with Crippen LogP contribution in [0.1, 0.15) is 25.3 Å². The molecule has 1 fully saturated rings. The predicted molar refractivity (Wildman–Crippen MR) is 62.0 cm³/mol. The molecule has 0 aromatic heterocycles. The van der Waals surface area contributed by atoms with Crippen molar-refractivity contribution in [1.29, 1.82) is 0 Å². The second-order valence-electron chi connectivity index (χ2n) is 4.55. The normalized spacial score (nSPS) is 22.9. The summed E-state index contributed by atoms with van der Waals surface area (Å²) in [5.41, 5.74) is 1.31. The number of aromatic hydroxyl groups is 1. The molecule has 1 aromatic rings. The van der Waals surface area contributed by atoms with Crippen molar-refractivity contribution in [3.8, 4) is 5.75 Å². The van der Waals surface area contributed by atoms with Gasteiger partial charge in [-0.2, -0.15) is 0 Å². The van der Waals surface area contributed by atoms with Crippen molar-refractivity contribution in [1.82, 2.24) is 5.32 Å². The second kappa shape index (κ2) is 4.67. The van der Waals surface area contributed by atoms with Gasteiger partial charge in [0.25, 0.3) is 0 Å². The van der Waals surface area contributed by atoms with Crippen molar-refractivity contribution in [3.05, 3.63) is 29.8 Å². The van der Waals surface area contributed by atoms with Crippen molar-refractivity contribution in [2.45, 2.75) is 32.2 Å². The van der Waals surface area contributed by atoms with Crippen LogP contribution in [0.5, 0.6) is 5.75 Å². The molecule has 0 aliphatic carbocycles. The second-order valence-corrected chi connectivity index (χ2v) is 4.55. The van der Waals surface area contributed by atoms with Gasteiger partial charge in [0.2, 0.25) is 0 Å². The number of phenols is 1. The number of rotatable bonds is 3. The zero-order chi connectivity index (χ0) is 10.7. The first kappa shape index (κ1) is 10.5. The van der Waals surface area contributed by atoms with E-state index in [9.17, 15) is 5.11 Å². The van der Waals surface area contributed by atoms with Crippen molar-refractivity contribution < 1.29 is 5.11 Å². The van der Waals surface area contributed by atoms with Crippen molar-refractivity contribution in [2.24, 2.45) is 5.92 Å². The van der Waals surface area contributed by atoms with E-state index >= 15 is 0 Å². The van der Waals surface area contributed by atoms with Gasteiger partial charge in [-0.3, -0.25) is 0 Å². The van der Waals surface area contributed by atoms with Gasteiger partial charge in [0.15, 0.2) is 0 Å². The van der Waals surface area contributed by atoms with Gasteiger partial charge in [-0.05, 0) is 49.4 Å². The van der Waals surface area contributed by atoms with Crippen LogP contribution in [0.25, 0.3) is 0 Å². The van der Waals surface area contributed by atoms with Crippen molar-refractivity contribution >= 4 is 0 Å².